The first kappa shape index (κ1) is 14.3. The summed E-state index contributed by atoms with van der Waals surface area (Å²) in [6.45, 7) is 1.59. The summed E-state index contributed by atoms with van der Waals surface area (Å²) < 4.78 is 0. The molecule has 1 aliphatic heterocycles. The summed E-state index contributed by atoms with van der Waals surface area (Å²) in [6.07, 6.45) is 3.76. The lowest BCUT2D eigenvalue weighted by atomic mass is 10.0. The van der Waals surface area contributed by atoms with Gasteiger partial charge in [0.25, 0.3) is 5.91 Å². The Bertz CT molecular complexity index is 659. The van der Waals surface area contributed by atoms with Crippen molar-refractivity contribution in [2.45, 2.75) is 18.9 Å². The standard InChI is InChI=1S/C15H20N4OS/c1-18(2)10-5-8-19(9-6-10)15(20)13-12(16)11-4-3-7-17-14(11)21-13/h3-4,7,10H,5-6,8-9,16H2,1-2H3. The highest BCUT2D eigenvalue weighted by molar-refractivity contribution is 7.21. The van der Waals surface area contributed by atoms with Crippen molar-refractivity contribution in [2.75, 3.05) is 32.9 Å². The van der Waals surface area contributed by atoms with Crippen molar-refractivity contribution in [3.63, 3.8) is 0 Å². The van der Waals surface area contributed by atoms with Crippen molar-refractivity contribution in [1.29, 1.82) is 0 Å². The largest absolute Gasteiger partial charge is 0.397 e. The summed E-state index contributed by atoms with van der Waals surface area (Å²) in [6, 6.07) is 4.33. The van der Waals surface area contributed by atoms with Gasteiger partial charge in [0.2, 0.25) is 0 Å². The molecule has 1 amide bonds. The van der Waals surface area contributed by atoms with E-state index in [4.69, 9.17) is 5.73 Å². The Morgan fingerprint density at radius 2 is 2.14 bits per heavy atom. The minimum atomic E-state index is 0.0488. The Hall–Kier alpha value is -1.66. The van der Waals surface area contributed by atoms with E-state index in [1.807, 2.05) is 17.0 Å². The molecule has 0 aromatic carbocycles. The first-order valence-electron chi connectivity index (χ1n) is 7.16. The molecule has 3 heterocycles. The van der Waals surface area contributed by atoms with E-state index in [1.165, 1.54) is 11.3 Å². The van der Waals surface area contributed by atoms with Crippen LogP contribution < -0.4 is 5.73 Å². The molecule has 0 saturated carbocycles. The third-order valence-corrected chi connectivity index (χ3v) is 5.30. The molecule has 0 spiro atoms. The van der Waals surface area contributed by atoms with Crippen LogP contribution in [0.25, 0.3) is 10.2 Å². The van der Waals surface area contributed by atoms with Crippen molar-refractivity contribution in [2.24, 2.45) is 0 Å². The molecule has 1 aliphatic rings. The second kappa shape index (κ2) is 5.61. The smallest absolute Gasteiger partial charge is 0.266 e. The van der Waals surface area contributed by atoms with Crippen LogP contribution in [0.5, 0.6) is 0 Å². The number of carbonyl (C=O) groups is 1. The SMILES string of the molecule is CN(C)C1CCN(C(=O)c2sc3ncccc3c2N)CC1. The van der Waals surface area contributed by atoms with Crippen LogP contribution in [0.1, 0.15) is 22.5 Å². The Morgan fingerprint density at radius 1 is 1.43 bits per heavy atom. The zero-order chi connectivity index (χ0) is 15.0. The Kier molecular flexibility index (Phi) is 3.82. The number of thiophene rings is 1. The van der Waals surface area contributed by atoms with Crippen molar-refractivity contribution in [3.8, 4) is 0 Å². The number of nitrogens with zero attached hydrogens (tertiary/aromatic N) is 3. The highest BCUT2D eigenvalue weighted by atomic mass is 32.1. The van der Waals surface area contributed by atoms with Crippen molar-refractivity contribution >= 4 is 33.1 Å². The molecule has 21 heavy (non-hydrogen) atoms. The van der Waals surface area contributed by atoms with E-state index in [-0.39, 0.29) is 5.91 Å². The van der Waals surface area contributed by atoms with Gasteiger partial charge in [-0.3, -0.25) is 4.79 Å². The van der Waals surface area contributed by atoms with Gasteiger partial charge in [-0.15, -0.1) is 11.3 Å². The van der Waals surface area contributed by atoms with Gasteiger partial charge in [0, 0.05) is 30.7 Å². The van der Waals surface area contributed by atoms with Crippen LogP contribution in [0.4, 0.5) is 5.69 Å². The lowest BCUT2D eigenvalue weighted by molar-refractivity contribution is 0.0669. The van der Waals surface area contributed by atoms with Gasteiger partial charge in [-0.05, 0) is 39.1 Å². The van der Waals surface area contributed by atoms with Crippen molar-refractivity contribution in [3.05, 3.63) is 23.2 Å². The van der Waals surface area contributed by atoms with Gasteiger partial charge in [0.05, 0.1) is 5.69 Å². The average Bonchev–Trinajstić information content (AvgIpc) is 2.84. The summed E-state index contributed by atoms with van der Waals surface area (Å²) in [4.78, 5) is 22.6. The van der Waals surface area contributed by atoms with Gasteiger partial charge in [-0.25, -0.2) is 4.98 Å². The van der Waals surface area contributed by atoms with Gasteiger partial charge in [0.1, 0.15) is 9.71 Å². The molecule has 6 heteroatoms. The van der Waals surface area contributed by atoms with Gasteiger partial charge in [-0.1, -0.05) is 0 Å². The number of pyridine rings is 1. The fourth-order valence-corrected chi connectivity index (χ4v) is 3.87. The summed E-state index contributed by atoms with van der Waals surface area (Å²) in [5.74, 6) is 0.0488. The number of carbonyl (C=O) groups excluding carboxylic acids is 1. The van der Waals surface area contributed by atoms with Gasteiger partial charge in [-0.2, -0.15) is 0 Å². The molecule has 112 valence electrons. The van der Waals surface area contributed by atoms with Gasteiger partial charge < -0.3 is 15.5 Å². The second-order valence-corrected chi connectivity index (χ2v) is 6.69. The number of amides is 1. The summed E-state index contributed by atoms with van der Waals surface area (Å²) in [5, 5.41) is 0.883. The number of rotatable bonds is 2. The molecule has 3 rings (SSSR count). The molecule has 2 N–H and O–H groups in total. The van der Waals surface area contributed by atoms with Crippen LogP contribution in [0.2, 0.25) is 0 Å². The number of nitrogen functional groups attached to an aromatic ring is 1. The molecular formula is C15H20N4OS. The fraction of sp³-hybridized carbons (Fsp3) is 0.467. The first-order chi connectivity index (χ1) is 10.1. The van der Waals surface area contributed by atoms with Crippen LogP contribution in [0.15, 0.2) is 18.3 Å². The Balaban J connectivity index is 1.80. The summed E-state index contributed by atoms with van der Waals surface area (Å²) in [5.41, 5.74) is 6.71. The molecule has 0 bridgehead atoms. The predicted octanol–water partition coefficient (Wildman–Crippen LogP) is 2.04. The normalized spacial score (nSPS) is 16.8. The Morgan fingerprint density at radius 3 is 2.76 bits per heavy atom. The molecule has 0 radical (unpaired) electrons. The van der Waals surface area contributed by atoms with E-state index in [1.54, 1.807) is 6.20 Å². The van der Waals surface area contributed by atoms with E-state index in [0.717, 1.165) is 36.1 Å². The Labute approximate surface area is 128 Å². The number of aromatic nitrogens is 1. The van der Waals surface area contributed by atoms with E-state index in [0.29, 0.717) is 16.6 Å². The maximum Gasteiger partial charge on any atom is 0.266 e. The van der Waals surface area contributed by atoms with Crippen LogP contribution in [-0.2, 0) is 0 Å². The number of nitrogens with two attached hydrogens (primary N) is 1. The highest BCUT2D eigenvalue weighted by Gasteiger charge is 2.27. The zero-order valence-corrected chi connectivity index (χ0v) is 13.2. The number of fused-ring (bicyclic) bond motifs is 1. The predicted molar refractivity (Wildman–Crippen MR) is 86.6 cm³/mol. The van der Waals surface area contributed by atoms with Gasteiger partial charge >= 0.3 is 0 Å². The molecule has 2 aromatic rings. The van der Waals surface area contributed by atoms with E-state index in [9.17, 15) is 4.79 Å². The molecule has 0 unspecified atom stereocenters. The quantitative estimate of drug-likeness (QED) is 0.922. The summed E-state index contributed by atoms with van der Waals surface area (Å²) in [7, 11) is 4.19. The zero-order valence-electron chi connectivity index (χ0n) is 12.4. The van der Waals surface area contributed by atoms with Crippen molar-refractivity contribution < 1.29 is 4.79 Å². The minimum Gasteiger partial charge on any atom is -0.397 e. The molecule has 1 saturated heterocycles. The van der Waals surface area contributed by atoms with E-state index < -0.39 is 0 Å². The second-order valence-electron chi connectivity index (χ2n) is 5.69. The minimum absolute atomic E-state index is 0.0488. The molecule has 1 fully saturated rings. The molecule has 2 aromatic heterocycles. The highest BCUT2D eigenvalue weighted by Crippen LogP contribution is 2.33. The van der Waals surface area contributed by atoms with Crippen molar-refractivity contribution in [1.82, 2.24) is 14.8 Å². The fourth-order valence-electron chi connectivity index (χ4n) is 2.84. The lowest BCUT2D eigenvalue weighted by Gasteiger charge is -2.35. The van der Waals surface area contributed by atoms with Gasteiger partial charge in [0.15, 0.2) is 0 Å². The monoisotopic (exact) mass is 304 g/mol. The summed E-state index contributed by atoms with van der Waals surface area (Å²) >= 11 is 1.40. The maximum atomic E-state index is 12.7. The van der Waals surface area contributed by atoms with E-state index in [2.05, 4.69) is 24.0 Å². The first-order valence-corrected chi connectivity index (χ1v) is 7.98. The molecule has 0 aliphatic carbocycles. The van der Waals surface area contributed by atoms with Crippen LogP contribution in [-0.4, -0.2) is 53.9 Å². The molecular weight excluding hydrogens is 284 g/mol. The number of hydrogen-bond donors (Lipinski definition) is 1. The average molecular weight is 304 g/mol. The molecule has 0 atom stereocenters. The maximum absolute atomic E-state index is 12.7. The van der Waals surface area contributed by atoms with E-state index >= 15 is 0 Å². The van der Waals surface area contributed by atoms with Crippen LogP contribution >= 0.6 is 11.3 Å². The van der Waals surface area contributed by atoms with Crippen LogP contribution in [0, 0.1) is 0 Å². The number of likely N-dealkylation sites (tertiary alicyclic amines) is 1. The number of hydrogen-bond acceptors (Lipinski definition) is 5. The van der Waals surface area contributed by atoms with Crippen LogP contribution in [0.3, 0.4) is 0 Å². The lowest BCUT2D eigenvalue weighted by Crippen LogP contribution is -2.44. The topological polar surface area (TPSA) is 62.5 Å². The number of piperidine rings is 1. The number of anilines is 1. The molecule has 5 nitrogen and oxygen atoms in total. The third kappa shape index (κ3) is 2.61. The third-order valence-electron chi connectivity index (χ3n) is 4.18.